The zero-order valence-corrected chi connectivity index (χ0v) is 11.4. The average molecular weight is 318 g/mol. The minimum atomic E-state index is -5.15. The Kier molecular flexibility index (Phi) is 4.54. The lowest BCUT2D eigenvalue weighted by atomic mass is 10.0. The van der Waals surface area contributed by atoms with Crippen LogP contribution >= 0.6 is 0 Å². The van der Waals surface area contributed by atoms with Crippen molar-refractivity contribution in [3.63, 3.8) is 0 Å². The van der Waals surface area contributed by atoms with Crippen molar-refractivity contribution in [2.45, 2.75) is 12.8 Å². The van der Waals surface area contributed by atoms with E-state index >= 15 is 0 Å². The van der Waals surface area contributed by atoms with Crippen LogP contribution in [0.4, 0.5) is 22.0 Å². The third-order valence-electron chi connectivity index (χ3n) is 2.84. The lowest BCUT2D eigenvalue weighted by Gasteiger charge is -2.12. The number of rotatable bonds is 4. The number of halogens is 5. The van der Waals surface area contributed by atoms with Gasteiger partial charge in [-0.25, -0.2) is 8.78 Å². The molecule has 0 saturated carbocycles. The van der Waals surface area contributed by atoms with Gasteiger partial charge in [-0.1, -0.05) is 12.1 Å². The molecule has 118 valence electrons. The van der Waals surface area contributed by atoms with E-state index in [1.165, 1.54) is 7.11 Å². The van der Waals surface area contributed by atoms with Gasteiger partial charge < -0.3 is 9.47 Å². The van der Waals surface area contributed by atoms with E-state index in [0.29, 0.717) is 5.75 Å². The van der Waals surface area contributed by atoms with Gasteiger partial charge in [0, 0.05) is 0 Å². The van der Waals surface area contributed by atoms with Crippen LogP contribution in [0, 0.1) is 11.6 Å². The van der Waals surface area contributed by atoms with E-state index in [4.69, 9.17) is 4.74 Å². The summed E-state index contributed by atoms with van der Waals surface area (Å²) in [5.74, 6) is -3.64. The minimum absolute atomic E-state index is 0.157. The molecular formula is C15H11F5O2. The molecule has 0 bridgehead atoms. The number of hydrogen-bond donors (Lipinski definition) is 0. The van der Waals surface area contributed by atoms with Gasteiger partial charge in [0.15, 0.2) is 11.6 Å². The highest BCUT2D eigenvalue weighted by Gasteiger charge is 2.34. The Morgan fingerprint density at radius 1 is 0.909 bits per heavy atom. The van der Waals surface area contributed by atoms with E-state index < -0.39 is 23.7 Å². The zero-order chi connectivity index (χ0) is 16.3. The van der Waals surface area contributed by atoms with Crippen LogP contribution in [0.1, 0.15) is 11.1 Å². The maximum atomic E-state index is 13.6. The van der Waals surface area contributed by atoms with Gasteiger partial charge in [-0.3, -0.25) is 0 Å². The third-order valence-corrected chi connectivity index (χ3v) is 2.84. The first kappa shape index (κ1) is 16.1. The van der Waals surface area contributed by atoms with Gasteiger partial charge in [0.25, 0.3) is 0 Å². The summed E-state index contributed by atoms with van der Waals surface area (Å²) < 4.78 is 71.6. The van der Waals surface area contributed by atoms with Crippen molar-refractivity contribution < 1.29 is 31.4 Å². The van der Waals surface area contributed by atoms with Crippen molar-refractivity contribution in [2.75, 3.05) is 7.11 Å². The number of ether oxygens (including phenoxy) is 2. The van der Waals surface area contributed by atoms with Gasteiger partial charge in [0.1, 0.15) is 5.75 Å². The molecule has 7 heteroatoms. The second kappa shape index (κ2) is 6.21. The Morgan fingerprint density at radius 2 is 1.45 bits per heavy atom. The molecule has 22 heavy (non-hydrogen) atoms. The van der Waals surface area contributed by atoms with Crippen LogP contribution in [0.3, 0.4) is 0 Å². The molecule has 2 nitrogen and oxygen atoms in total. The Hall–Kier alpha value is -2.31. The average Bonchev–Trinajstić information content (AvgIpc) is 2.43. The van der Waals surface area contributed by atoms with E-state index in [-0.39, 0.29) is 12.0 Å². The molecular weight excluding hydrogens is 307 g/mol. The molecule has 0 radical (unpaired) electrons. The van der Waals surface area contributed by atoms with Crippen LogP contribution in [-0.2, 0) is 6.42 Å². The fourth-order valence-corrected chi connectivity index (χ4v) is 1.91. The smallest absolute Gasteiger partial charge is 0.497 e. The van der Waals surface area contributed by atoms with Crippen LogP contribution < -0.4 is 9.47 Å². The predicted octanol–water partition coefficient (Wildman–Crippen LogP) is 4.46. The predicted molar refractivity (Wildman–Crippen MR) is 68.8 cm³/mol. The molecule has 0 amide bonds. The second-order valence-corrected chi connectivity index (χ2v) is 4.46. The van der Waals surface area contributed by atoms with E-state index in [0.717, 1.165) is 17.7 Å². The normalized spacial score (nSPS) is 11.4. The number of hydrogen-bond acceptors (Lipinski definition) is 2. The lowest BCUT2D eigenvalue weighted by molar-refractivity contribution is -0.276. The monoisotopic (exact) mass is 318 g/mol. The topological polar surface area (TPSA) is 18.5 Å². The van der Waals surface area contributed by atoms with Gasteiger partial charge in [0.05, 0.1) is 7.11 Å². The Bertz CT molecular complexity index is 627. The summed E-state index contributed by atoms with van der Waals surface area (Å²) in [6.45, 7) is 0. The van der Waals surface area contributed by atoms with Crippen molar-refractivity contribution in [3.8, 4) is 11.5 Å². The third kappa shape index (κ3) is 4.09. The molecule has 0 aromatic heterocycles. The highest BCUT2D eigenvalue weighted by molar-refractivity contribution is 5.36. The number of benzene rings is 2. The lowest BCUT2D eigenvalue weighted by Crippen LogP contribution is -2.19. The van der Waals surface area contributed by atoms with E-state index in [2.05, 4.69) is 4.74 Å². The molecule has 0 spiro atoms. The number of methoxy groups -OCH3 is 1. The van der Waals surface area contributed by atoms with E-state index in [9.17, 15) is 22.0 Å². The first-order valence-corrected chi connectivity index (χ1v) is 6.15. The first-order chi connectivity index (χ1) is 10.3. The highest BCUT2D eigenvalue weighted by atomic mass is 19.4. The zero-order valence-electron chi connectivity index (χ0n) is 11.4. The molecule has 0 N–H and O–H groups in total. The van der Waals surface area contributed by atoms with E-state index in [1.54, 1.807) is 24.3 Å². The molecule has 0 saturated heterocycles. The molecule has 0 atom stereocenters. The Morgan fingerprint density at radius 3 is 1.91 bits per heavy atom. The van der Waals surface area contributed by atoms with Crippen molar-refractivity contribution >= 4 is 0 Å². The van der Waals surface area contributed by atoms with Gasteiger partial charge in [-0.2, -0.15) is 0 Å². The van der Waals surface area contributed by atoms with Crippen molar-refractivity contribution in [1.29, 1.82) is 0 Å². The van der Waals surface area contributed by atoms with Gasteiger partial charge >= 0.3 is 6.36 Å². The molecule has 2 rings (SSSR count). The van der Waals surface area contributed by atoms with Crippen molar-refractivity contribution in [2.24, 2.45) is 0 Å². The highest BCUT2D eigenvalue weighted by Crippen LogP contribution is 2.30. The molecule has 2 aromatic rings. The van der Waals surface area contributed by atoms with E-state index in [1.807, 2.05) is 0 Å². The SMILES string of the molecule is COc1ccc(Cc2cc(F)c(OC(F)(F)F)c(F)c2)cc1. The Labute approximate surface area is 123 Å². The molecule has 0 aliphatic heterocycles. The molecule has 0 aliphatic rings. The number of alkyl halides is 3. The van der Waals surface area contributed by atoms with Crippen LogP contribution in [0.15, 0.2) is 36.4 Å². The maximum absolute atomic E-state index is 13.6. The van der Waals surface area contributed by atoms with Gasteiger partial charge in [0.2, 0.25) is 5.75 Å². The van der Waals surface area contributed by atoms with Crippen LogP contribution in [0.25, 0.3) is 0 Å². The maximum Gasteiger partial charge on any atom is 0.573 e. The molecule has 2 aromatic carbocycles. The fraction of sp³-hybridized carbons (Fsp3) is 0.200. The van der Waals surface area contributed by atoms with Crippen LogP contribution in [0.5, 0.6) is 11.5 Å². The molecule has 0 fully saturated rings. The van der Waals surface area contributed by atoms with Gasteiger partial charge in [-0.05, 0) is 41.8 Å². The summed E-state index contributed by atoms with van der Waals surface area (Å²) in [5.41, 5.74) is 0.916. The largest absolute Gasteiger partial charge is 0.573 e. The molecule has 0 unspecified atom stereocenters. The van der Waals surface area contributed by atoms with Gasteiger partial charge in [-0.15, -0.1) is 13.2 Å². The standard InChI is InChI=1S/C15H11F5O2/c1-21-11-4-2-9(3-5-11)6-10-7-12(16)14(13(17)8-10)22-15(18,19)20/h2-5,7-8H,6H2,1H3. The second-order valence-electron chi connectivity index (χ2n) is 4.46. The van der Waals surface area contributed by atoms with Crippen LogP contribution in [-0.4, -0.2) is 13.5 Å². The van der Waals surface area contributed by atoms with Crippen LogP contribution in [0.2, 0.25) is 0 Å². The molecule has 0 aliphatic carbocycles. The Balaban J connectivity index is 2.22. The summed E-state index contributed by atoms with van der Waals surface area (Å²) in [5, 5.41) is 0. The van der Waals surface area contributed by atoms with Crippen molar-refractivity contribution in [1.82, 2.24) is 0 Å². The summed E-state index contributed by atoms with van der Waals surface area (Å²) >= 11 is 0. The first-order valence-electron chi connectivity index (χ1n) is 6.15. The quantitative estimate of drug-likeness (QED) is 0.775. The minimum Gasteiger partial charge on any atom is -0.497 e. The summed E-state index contributed by atoms with van der Waals surface area (Å²) in [4.78, 5) is 0. The summed E-state index contributed by atoms with van der Waals surface area (Å²) in [6.07, 6.45) is -5.00. The molecule has 0 heterocycles. The fourth-order valence-electron chi connectivity index (χ4n) is 1.91. The summed E-state index contributed by atoms with van der Waals surface area (Å²) in [6, 6.07) is 8.35. The van der Waals surface area contributed by atoms with Crippen molar-refractivity contribution in [3.05, 3.63) is 59.2 Å². The summed E-state index contributed by atoms with van der Waals surface area (Å²) in [7, 11) is 1.50.